The zero-order chi connectivity index (χ0) is 12.5. The van der Waals surface area contributed by atoms with Gasteiger partial charge in [0.25, 0.3) is 0 Å². The molecule has 0 aromatic heterocycles. The quantitative estimate of drug-likeness (QED) is 0.803. The Balaban J connectivity index is 1.66. The van der Waals surface area contributed by atoms with E-state index in [2.05, 4.69) is 29.0 Å². The summed E-state index contributed by atoms with van der Waals surface area (Å²) in [6.45, 7) is 11.2. The molecule has 0 spiro atoms. The van der Waals surface area contributed by atoms with Gasteiger partial charge < -0.3 is 5.32 Å². The van der Waals surface area contributed by atoms with Crippen molar-refractivity contribution in [1.29, 1.82) is 0 Å². The maximum absolute atomic E-state index is 3.74. The van der Waals surface area contributed by atoms with Gasteiger partial charge in [-0.3, -0.25) is 9.80 Å². The maximum atomic E-state index is 3.74. The number of fused-ring (bicyclic) bond motifs is 1. The Morgan fingerprint density at radius 1 is 0.944 bits per heavy atom. The van der Waals surface area contributed by atoms with E-state index in [0.29, 0.717) is 6.04 Å². The van der Waals surface area contributed by atoms with Gasteiger partial charge in [-0.1, -0.05) is 13.8 Å². The molecule has 0 aliphatic carbocycles. The van der Waals surface area contributed by atoms with Crippen LogP contribution in [0.5, 0.6) is 0 Å². The molecule has 3 heteroatoms. The Labute approximate surface area is 112 Å². The second-order valence-corrected chi connectivity index (χ2v) is 6.75. The number of nitrogens with zero attached hydrogens (tertiary/aromatic N) is 2. The lowest BCUT2D eigenvalue weighted by atomic mass is 10.0. The molecule has 3 unspecified atom stereocenters. The largest absolute Gasteiger partial charge is 0.312 e. The van der Waals surface area contributed by atoms with Gasteiger partial charge in [-0.05, 0) is 51.2 Å². The number of hydrogen-bond acceptors (Lipinski definition) is 3. The van der Waals surface area contributed by atoms with Gasteiger partial charge in [0.2, 0.25) is 0 Å². The summed E-state index contributed by atoms with van der Waals surface area (Å²) >= 11 is 0. The molecular formula is C15H29N3. The van der Waals surface area contributed by atoms with E-state index in [-0.39, 0.29) is 0 Å². The van der Waals surface area contributed by atoms with Crippen LogP contribution in [0.3, 0.4) is 0 Å². The first kappa shape index (κ1) is 12.9. The van der Waals surface area contributed by atoms with Crippen LogP contribution < -0.4 is 5.32 Å². The highest BCUT2D eigenvalue weighted by Gasteiger charge is 2.40. The van der Waals surface area contributed by atoms with Crippen LogP contribution in [0.2, 0.25) is 0 Å². The average molecular weight is 251 g/mol. The van der Waals surface area contributed by atoms with Gasteiger partial charge in [-0.2, -0.15) is 0 Å². The average Bonchev–Trinajstić information content (AvgIpc) is 2.85. The standard InChI is InChI=1S/C15H29N3/c1-12(2)13-11-18(9-4-7-16-13)15-6-10-17-8-3-5-14(15)17/h12-16H,3-11H2,1-2H3. The predicted molar refractivity (Wildman–Crippen MR) is 75.8 cm³/mol. The molecule has 3 nitrogen and oxygen atoms in total. The highest BCUT2D eigenvalue weighted by Crippen LogP contribution is 2.32. The van der Waals surface area contributed by atoms with Crippen LogP contribution in [-0.4, -0.2) is 60.6 Å². The fourth-order valence-corrected chi connectivity index (χ4v) is 4.21. The summed E-state index contributed by atoms with van der Waals surface area (Å²) < 4.78 is 0. The molecule has 0 amide bonds. The first-order valence-electron chi connectivity index (χ1n) is 7.97. The van der Waals surface area contributed by atoms with E-state index in [1.54, 1.807) is 0 Å². The Hall–Kier alpha value is -0.120. The van der Waals surface area contributed by atoms with Crippen molar-refractivity contribution in [3.8, 4) is 0 Å². The van der Waals surface area contributed by atoms with Crippen LogP contribution in [0, 0.1) is 5.92 Å². The molecule has 1 N–H and O–H groups in total. The minimum Gasteiger partial charge on any atom is -0.312 e. The minimum absolute atomic E-state index is 0.697. The lowest BCUT2D eigenvalue weighted by molar-refractivity contribution is 0.149. The highest BCUT2D eigenvalue weighted by atomic mass is 15.3. The summed E-state index contributed by atoms with van der Waals surface area (Å²) in [5.41, 5.74) is 0. The molecule has 0 aromatic carbocycles. The molecule has 3 rings (SSSR count). The van der Waals surface area contributed by atoms with Gasteiger partial charge in [-0.25, -0.2) is 0 Å². The van der Waals surface area contributed by atoms with E-state index in [1.165, 1.54) is 58.4 Å². The van der Waals surface area contributed by atoms with Crippen molar-refractivity contribution < 1.29 is 0 Å². The topological polar surface area (TPSA) is 18.5 Å². The fraction of sp³-hybridized carbons (Fsp3) is 1.00. The van der Waals surface area contributed by atoms with E-state index in [0.717, 1.165) is 18.0 Å². The second-order valence-electron chi connectivity index (χ2n) is 6.75. The van der Waals surface area contributed by atoms with Crippen LogP contribution >= 0.6 is 0 Å². The van der Waals surface area contributed by atoms with E-state index in [9.17, 15) is 0 Å². The number of rotatable bonds is 2. The van der Waals surface area contributed by atoms with E-state index < -0.39 is 0 Å². The minimum atomic E-state index is 0.697. The zero-order valence-corrected chi connectivity index (χ0v) is 12.1. The molecule has 3 saturated heterocycles. The third-order valence-electron chi connectivity index (χ3n) is 5.30. The van der Waals surface area contributed by atoms with Crippen molar-refractivity contribution in [2.45, 2.75) is 57.7 Å². The molecule has 0 aromatic rings. The van der Waals surface area contributed by atoms with Crippen molar-refractivity contribution in [3.05, 3.63) is 0 Å². The Bertz CT molecular complexity index is 279. The summed E-state index contributed by atoms with van der Waals surface area (Å²) in [5.74, 6) is 0.756. The van der Waals surface area contributed by atoms with Crippen molar-refractivity contribution in [2.75, 3.05) is 32.7 Å². The molecule has 104 valence electrons. The first-order chi connectivity index (χ1) is 8.75. The first-order valence-corrected chi connectivity index (χ1v) is 7.97. The van der Waals surface area contributed by atoms with Crippen molar-refractivity contribution in [2.24, 2.45) is 5.92 Å². The smallest absolute Gasteiger partial charge is 0.0264 e. The molecule has 3 aliphatic heterocycles. The van der Waals surface area contributed by atoms with Gasteiger partial charge in [0.1, 0.15) is 0 Å². The fourth-order valence-electron chi connectivity index (χ4n) is 4.21. The van der Waals surface area contributed by atoms with Crippen LogP contribution in [0.15, 0.2) is 0 Å². The van der Waals surface area contributed by atoms with Crippen LogP contribution in [-0.2, 0) is 0 Å². The summed E-state index contributed by atoms with van der Waals surface area (Å²) in [7, 11) is 0. The van der Waals surface area contributed by atoms with Crippen LogP contribution in [0.4, 0.5) is 0 Å². The molecule has 0 bridgehead atoms. The van der Waals surface area contributed by atoms with Gasteiger partial charge in [-0.15, -0.1) is 0 Å². The predicted octanol–water partition coefficient (Wildman–Crippen LogP) is 1.54. The van der Waals surface area contributed by atoms with E-state index in [1.807, 2.05) is 0 Å². The lowest BCUT2D eigenvalue weighted by Crippen LogP contribution is -2.48. The third kappa shape index (κ3) is 2.45. The number of hydrogen-bond donors (Lipinski definition) is 1. The zero-order valence-electron chi connectivity index (χ0n) is 12.1. The molecule has 18 heavy (non-hydrogen) atoms. The van der Waals surface area contributed by atoms with Gasteiger partial charge in [0.15, 0.2) is 0 Å². The Morgan fingerprint density at radius 2 is 1.72 bits per heavy atom. The van der Waals surface area contributed by atoms with E-state index >= 15 is 0 Å². The molecule has 3 heterocycles. The molecule has 3 fully saturated rings. The Kier molecular flexibility index (Phi) is 3.92. The van der Waals surface area contributed by atoms with Crippen molar-refractivity contribution in [3.63, 3.8) is 0 Å². The van der Waals surface area contributed by atoms with Gasteiger partial charge in [0.05, 0.1) is 0 Å². The normalized spacial score (nSPS) is 39.2. The summed E-state index contributed by atoms with van der Waals surface area (Å²) in [6, 6.07) is 2.44. The second kappa shape index (κ2) is 5.48. The van der Waals surface area contributed by atoms with E-state index in [4.69, 9.17) is 0 Å². The van der Waals surface area contributed by atoms with Crippen LogP contribution in [0.25, 0.3) is 0 Å². The molecule has 3 aliphatic rings. The van der Waals surface area contributed by atoms with Crippen molar-refractivity contribution >= 4 is 0 Å². The summed E-state index contributed by atoms with van der Waals surface area (Å²) in [5, 5.41) is 3.74. The van der Waals surface area contributed by atoms with Crippen molar-refractivity contribution in [1.82, 2.24) is 15.1 Å². The Morgan fingerprint density at radius 3 is 2.56 bits per heavy atom. The third-order valence-corrected chi connectivity index (χ3v) is 5.30. The SMILES string of the molecule is CC(C)C1CN(C2CCN3CCCC23)CCCN1. The molecule has 3 atom stereocenters. The van der Waals surface area contributed by atoms with Crippen LogP contribution in [0.1, 0.15) is 39.5 Å². The van der Waals surface area contributed by atoms with Gasteiger partial charge >= 0.3 is 0 Å². The highest BCUT2D eigenvalue weighted by molar-refractivity contribution is 4.98. The number of nitrogens with one attached hydrogen (secondary N) is 1. The van der Waals surface area contributed by atoms with Gasteiger partial charge in [0, 0.05) is 31.2 Å². The summed E-state index contributed by atoms with van der Waals surface area (Å²) in [4.78, 5) is 5.56. The molecule has 0 saturated carbocycles. The molecule has 0 radical (unpaired) electrons. The lowest BCUT2D eigenvalue weighted by Gasteiger charge is -2.34. The summed E-state index contributed by atoms with van der Waals surface area (Å²) in [6.07, 6.45) is 5.61. The maximum Gasteiger partial charge on any atom is 0.0264 e. The molecular weight excluding hydrogens is 222 g/mol. The monoisotopic (exact) mass is 251 g/mol.